The van der Waals surface area contributed by atoms with Crippen LogP contribution < -0.4 is 5.32 Å². The summed E-state index contributed by atoms with van der Waals surface area (Å²) >= 11 is 3.14. The van der Waals surface area contributed by atoms with Crippen molar-refractivity contribution in [2.24, 2.45) is 0 Å². The summed E-state index contributed by atoms with van der Waals surface area (Å²) in [6.07, 6.45) is 1.97. The molecule has 4 aromatic rings. The van der Waals surface area contributed by atoms with Crippen LogP contribution in [0.2, 0.25) is 0 Å². The van der Waals surface area contributed by atoms with E-state index in [0.717, 1.165) is 48.1 Å². The highest BCUT2D eigenvalue weighted by molar-refractivity contribution is 7.18. The molecule has 2 aromatic heterocycles. The number of para-hydroxylation sites is 1. The Balaban J connectivity index is 1.23. The van der Waals surface area contributed by atoms with Crippen molar-refractivity contribution in [2.75, 3.05) is 31.6 Å². The molecule has 0 aliphatic carbocycles. The smallest absolute Gasteiger partial charge is 0.341 e. The zero-order valence-corrected chi connectivity index (χ0v) is 22.1. The number of aromatic nitrogens is 1. The van der Waals surface area contributed by atoms with Crippen LogP contribution in [-0.2, 0) is 9.53 Å². The Morgan fingerprint density at radius 2 is 1.86 bits per heavy atom. The number of thiazole rings is 1. The fraction of sp³-hybridized carbons (Fsp3) is 0.321. The van der Waals surface area contributed by atoms with E-state index < -0.39 is 5.97 Å². The highest BCUT2D eigenvalue weighted by Crippen LogP contribution is 2.37. The van der Waals surface area contributed by atoms with E-state index in [1.807, 2.05) is 42.6 Å². The van der Waals surface area contributed by atoms with E-state index in [4.69, 9.17) is 9.72 Å². The van der Waals surface area contributed by atoms with Crippen molar-refractivity contribution in [3.05, 3.63) is 70.0 Å². The minimum Gasteiger partial charge on any atom is -0.462 e. The van der Waals surface area contributed by atoms with Crippen LogP contribution in [0, 0.1) is 6.92 Å². The van der Waals surface area contributed by atoms with Gasteiger partial charge in [-0.3, -0.25) is 9.69 Å². The Morgan fingerprint density at radius 1 is 1.11 bits per heavy atom. The number of hydrogen-bond donors (Lipinski definition) is 1. The van der Waals surface area contributed by atoms with Gasteiger partial charge in [-0.25, -0.2) is 9.78 Å². The number of thiophene rings is 1. The van der Waals surface area contributed by atoms with Crippen LogP contribution in [0.15, 0.2) is 53.9 Å². The monoisotopic (exact) mass is 519 g/mol. The van der Waals surface area contributed by atoms with Crippen LogP contribution in [0.4, 0.5) is 5.00 Å². The Bertz CT molecular complexity index is 1340. The molecule has 36 heavy (non-hydrogen) atoms. The number of rotatable bonds is 7. The van der Waals surface area contributed by atoms with Gasteiger partial charge in [0.1, 0.15) is 10.6 Å². The first-order valence-electron chi connectivity index (χ1n) is 12.2. The van der Waals surface area contributed by atoms with E-state index in [0.29, 0.717) is 23.0 Å². The van der Waals surface area contributed by atoms with Gasteiger partial charge in [-0.2, -0.15) is 0 Å². The Morgan fingerprint density at radius 3 is 2.58 bits per heavy atom. The predicted octanol–water partition coefficient (Wildman–Crippen LogP) is 6.33. The van der Waals surface area contributed by atoms with Crippen LogP contribution in [0.25, 0.3) is 21.3 Å². The standard InChI is InChI=1S/C28H29N3O3S2/c1-3-34-28(33)25-21(19-10-8-18(2)9-11-19)17-35-27(25)30-24(32)16-31-14-12-20(13-15-31)26-29-22-6-4-5-7-23(22)36-26/h4-11,17,20H,3,12-16H2,1-2H3,(H,30,32). The molecule has 186 valence electrons. The van der Waals surface area contributed by atoms with Gasteiger partial charge in [-0.15, -0.1) is 22.7 Å². The molecular formula is C28H29N3O3S2. The summed E-state index contributed by atoms with van der Waals surface area (Å²) < 4.78 is 6.55. The lowest BCUT2D eigenvalue weighted by molar-refractivity contribution is -0.117. The molecule has 3 heterocycles. The third-order valence-electron chi connectivity index (χ3n) is 6.50. The number of likely N-dealkylation sites (tertiary alicyclic amines) is 1. The van der Waals surface area contributed by atoms with Crippen molar-refractivity contribution >= 4 is 49.8 Å². The quantitative estimate of drug-likeness (QED) is 0.289. The summed E-state index contributed by atoms with van der Waals surface area (Å²) in [5.41, 5.74) is 4.35. The SMILES string of the molecule is CCOC(=O)c1c(-c2ccc(C)cc2)csc1NC(=O)CN1CCC(c2nc3ccccc3s2)CC1. The van der Waals surface area contributed by atoms with Gasteiger partial charge in [0.15, 0.2) is 0 Å². The first-order valence-corrected chi connectivity index (χ1v) is 13.9. The van der Waals surface area contributed by atoms with Crippen LogP contribution in [-0.4, -0.2) is 48.0 Å². The molecule has 1 fully saturated rings. The summed E-state index contributed by atoms with van der Waals surface area (Å²) in [7, 11) is 0. The number of esters is 1. The number of piperidine rings is 1. The third-order valence-corrected chi connectivity index (χ3v) is 8.59. The second-order valence-electron chi connectivity index (χ2n) is 9.06. The average Bonchev–Trinajstić information content (AvgIpc) is 3.49. The molecule has 0 spiro atoms. The minimum absolute atomic E-state index is 0.115. The zero-order chi connectivity index (χ0) is 25.1. The van der Waals surface area contributed by atoms with Gasteiger partial charge in [0.25, 0.3) is 0 Å². The molecule has 8 heteroatoms. The Labute approximate surface area is 218 Å². The number of anilines is 1. The number of aryl methyl sites for hydroxylation is 1. The Hall–Kier alpha value is -3.07. The van der Waals surface area contributed by atoms with E-state index in [2.05, 4.69) is 28.4 Å². The summed E-state index contributed by atoms with van der Waals surface area (Å²) in [6, 6.07) is 16.3. The van der Waals surface area contributed by atoms with Crippen LogP contribution in [0.5, 0.6) is 0 Å². The molecule has 1 aliphatic heterocycles. The van der Waals surface area contributed by atoms with Crippen molar-refractivity contribution in [3.63, 3.8) is 0 Å². The predicted molar refractivity (Wildman–Crippen MR) is 147 cm³/mol. The van der Waals surface area contributed by atoms with Crippen molar-refractivity contribution in [3.8, 4) is 11.1 Å². The molecule has 5 rings (SSSR count). The van der Waals surface area contributed by atoms with Gasteiger partial charge in [-0.05, 0) is 57.5 Å². The fourth-order valence-electron chi connectivity index (χ4n) is 4.57. The molecular weight excluding hydrogens is 490 g/mol. The number of nitrogens with one attached hydrogen (secondary N) is 1. The molecule has 6 nitrogen and oxygen atoms in total. The van der Waals surface area contributed by atoms with E-state index in [9.17, 15) is 9.59 Å². The summed E-state index contributed by atoms with van der Waals surface area (Å²) in [5.74, 6) is -0.0935. The fourth-order valence-corrected chi connectivity index (χ4v) is 6.68. The molecule has 0 saturated carbocycles. The third kappa shape index (κ3) is 5.36. The lowest BCUT2D eigenvalue weighted by atomic mass is 9.97. The number of carbonyl (C=O) groups excluding carboxylic acids is 2. The Kier molecular flexibility index (Phi) is 7.46. The van der Waals surface area contributed by atoms with Crippen molar-refractivity contribution < 1.29 is 14.3 Å². The highest BCUT2D eigenvalue weighted by atomic mass is 32.1. The maximum absolute atomic E-state index is 13.0. The second kappa shape index (κ2) is 10.9. The first kappa shape index (κ1) is 24.6. The molecule has 0 radical (unpaired) electrons. The van der Waals surface area contributed by atoms with E-state index in [-0.39, 0.29) is 12.5 Å². The van der Waals surface area contributed by atoms with E-state index >= 15 is 0 Å². The lowest BCUT2D eigenvalue weighted by Crippen LogP contribution is -2.38. The lowest BCUT2D eigenvalue weighted by Gasteiger charge is -2.30. The molecule has 0 bridgehead atoms. The highest BCUT2D eigenvalue weighted by Gasteiger charge is 2.26. The number of hydrogen-bond acceptors (Lipinski definition) is 7. The summed E-state index contributed by atoms with van der Waals surface area (Å²) in [5, 5.41) is 6.63. The molecule has 1 amide bonds. The largest absolute Gasteiger partial charge is 0.462 e. The molecule has 1 saturated heterocycles. The number of ether oxygens (including phenoxy) is 1. The van der Waals surface area contributed by atoms with Gasteiger partial charge >= 0.3 is 5.97 Å². The number of carbonyl (C=O) groups is 2. The normalized spacial score (nSPS) is 14.7. The first-order chi connectivity index (χ1) is 17.5. The van der Waals surface area contributed by atoms with Gasteiger partial charge < -0.3 is 10.1 Å². The van der Waals surface area contributed by atoms with Gasteiger partial charge in [-0.1, -0.05) is 42.0 Å². The molecule has 0 atom stereocenters. The summed E-state index contributed by atoms with van der Waals surface area (Å²) in [4.78, 5) is 32.8. The molecule has 1 N–H and O–H groups in total. The minimum atomic E-state index is -0.415. The summed E-state index contributed by atoms with van der Waals surface area (Å²) in [6.45, 7) is 6.07. The zero-order valence-electron chi connectivity index (χ0n) is 20.5. The topological polar surface area (TPSA) is 71.5 Å². The van der Waals surface area contributed by atoms with Crippen LogP contribution in [0.3, 0.4) is 0 Å². The molecule has 1 aliphatic rings. The van der Waals surface area contributed by atoms with Crippen molar-refractivity contribution in [1.29, 1.82) is 0 Å². The number of fused-ring (bicyclic) bond motifs is 1. The maximum atomic E-state index is 13.0. The number of nitrogens with zero attached hydrogens (tertiary/aromatic N) is 2. The van der Waals surface area contributed by atoms with Gasteiger partial charge in [0, 0.05) is 16.9 Å². The van der Waals surface area contributed by atoms with Gasteiger partial charge in [0.05, 0.1) is 28.4 Å². The number of amides is 1. The van der Waals surface area contributed by atoms with Crippen molar-refractivity contribution in [2.45, 2.75) is 32.6 Å². The second-order valence-corrected chi connectivity index (χ2v) is 11.0. The molecule has 0 unspecified atom stereocenters. The van der Waals surface area contributed by atoms with Crippen LogP contribution >= 0.6 is 22.7 Å². The number of benzene rings is 2. The average molecular weight is 520 g/mol. The van der Waals surface area contributed by atoms with E-state index in [1.54, 1.807) is 18.3 Å². The molecule has 2 aromatic carbocycles. The van der Waals surface area contributed by atoms with Crippen molar-refractivity contribution in [1.82, 2.24) is 9.88 Å². The maximum Gasteiger partial charge on any atom is 0.341 e. The van der Waals surface area contributed by atoms with Crippen LogP contribution in [0.1, 0.15) is 46.6 Å². The van der Waals surface area contributed by atoms with E-state index in [1.165, 1.54) is 21.0 Å². The van der Waals surface area contributed by atoms with Gasteiger partial charge in [0.2, 0.25) is 5.91 Å².